The van der Waals surface area contributed by atoms with Gasteiger partial charge in [0.25, 0.3) is 0 Å². The number of nitrogens with zero attached hydrogens (tertiary/aromatic N) is 1. The minimum atomic E-state index is -0.514. The highest BCUT2D eigenvalue weighted by Gasteiger charge is 2.38. The SMILES string of the molecule is Cc1ccc(Br)c(N2CCC(=O)NC(C(C)(C)C)C2=O)c1. The molecule has 5 heteroatoms. The fourth-order valence-corrected chi connectivity index (χ4v) is 2.89. The van der Waals surface area contributed by atoms with Crippen molar-refractivity contribution in [2.75, 3.05) is 11.4 Å². The van der Waals surface area contributed by atoms with E-state index < -0.39 is 6.04 Å². The van der Waals surface area contributed by atoms with Crippen molar-refractivity contribution in [3.8, 4) is 0 Å². The molecule has 0 bridgehead atoms. The summed E-state index contributed by atoms with van der Waals surface area (Å²) < 4.78 is 0.864. The molecular weight excluding hydrogens is 332 g/mol. The fourth-order valence-electron chi connectivity index (χ4n) is 2.43. The van der Waals surface area contributed by atoms with Crippen molar-refractivity contribution in [3.63, 3.8) is 0 Å². The summed E-state index contributed by atoms with van der Waals surface area (Å²) in [6, 6.07) is 5.38. The van der Waals surface area contributed by atoms with Gasteiger partial charge in [0.1, 0.15) is 6.04 Å². The Morgan fingerprint density at radius 3 is 2.57 bits per heavy atom. The second kappa shape index (κ2) is 5.79. The van der Waals surface area contributed by atoms with Gasteiger partial charge in [0, 0.05) is 17.4 Å². The molecule has 114 valence electrons. The van der Waals surface area contributed by atoms with Crippen LogP contribution in [-0.4, -0.2) is 24.4 Å². The van der Waals surface area contributed by atoms with Crippen molar-refractivity contribution >= 4 is 33.4 Å². The quantitative estimate of drug-likeness (QED) is 0.844. The third kappa shape index (κ3) is 3.46. The predicted molar refractivity (Wildman–Crippen MR) is 87.2 cm³/mol. The van der Waals surface area contributed by atoms with Gasteiger partial charge in [0.15, 0.2) is 0 Å². The lowest BCUT2D eigenvalue weighted by atomic mass is 9.86. The highest BCUT2D eigenvalue weighted by Crippen LogP contribution is 2.31. The van der Waals surface area contributed by atoms with E-state index >= 15 is 0 Å². The molecule has 1 N–H and O–H groups in total. The Balaban J connectivity index is 2.45. The number of benzene rings is 1. The molecular formula is C16H21BrN2O2. The lowest BCUT2D eigenvalue weighted by molar-refractivity contribution is -0.127. The Morgan fingerprint density at radius 2 is 1.95 bits per heavy atom. The van der Waals surface area contributed by atoms with Crippen LogP contribution in [0.3, 0.4) is 0 Å². The molecule has 1 aromatic rings. The molecule has 1 aliphatic rings. The molecule has 21 heavy (non-hydrogen) atoms. The van der Waals surface area contributed by atoms with Gasteiger partial charge in [-0.2, -0.15) is 0 Å². The molecule has 1 heterocycles. The largest absolute Gasteiger partial charge is 0.344 e. The number of amides is 2. The van der Waals surface area contributed by atoms with E-state index in [0.717, 1.165) is 15.7 Å². The van der Waals surface area contributed by atoms with Crippen molar-refractivity contribution in [3.05, 3.63) is 28.2 Å². The van der Waals surface area contributed by atoms with Crippen LogP contribution in [0.4, 0.5) is 5.69 Å². The number of rotatable bonds is 1. The third-order valence-electron chi connectivity index (χ3n) is 3.64. The van der Waals surface area contributed by atoms with Gasteiger partial charge in [-0.15, -0.1) is 0 Å². The van der Waals surface area contributed by atoms with E-state index in [9.17, 15) is 9.59 Å². The van der Waals surface area contributed by atoms with Gasteiger partial charge in [-0.3, -0.25) is 9.59 Å². The van der Waals surface area contributed by atoms with E-state index in [0.29, 0.717) is 13.0 Å². The molecule has 0 aliphatic carbocycles. The summed E-state index contributed by atoms with van der Waals surface area (Å²) in [5.74, 6) is -0.130. The Kier molecular flexibility index (Phi) is 4.42. The maximum Gasteiger partial charge on any atom is 0.250 e. The summed E-state index contributed by atoms with van der Waals surface area (Å²) in [5.41, 5.74) is 1.58. The average Bonchev–Trinajstić information content (AvgIpc) is 2.52. The minimum Gasteiger partial charge on any atom is -0.344 e. The molecule has 1 atom stereocenters. The highest BCUT2D eigenvalue weighted by molar-refractivity contribution is 9.10. The van der Waals surface area contributed by atoms with Gasteiger partial charge in [-0.25, -0.2) is 0 Å². The van der Waals surface area contributed by atoms with Crippen LogP contribution in [0.1, 0.15) is 32.8 Å². The zero-order valence-corrected chi connectivity index (χ0v) is 14.5. The average molecular weight is 353 g/mol. The Morgan fingerprint density at radius 1 is 1.29 bits per heavy atom. The molecule has 4 nitrogen and oxygen atoms in total. The summed E-state index contributed by atoms with van der Waals surface area (Å²) >= 11 is 3.51. The maximum absolute atomic E-state index is 12.9. The molecule has 1 fully saturated rings. The first-order valence-electron chi connectivity index (χ1n) is 7.07. The number of aryl methyl sites for hydroxylation is 1. The van der Waals surface area contributed by atoms with Gasteiger partial charge in [-0.1, -0.05) is 26.8 Å². The van der Waals surface area contributed by atoms with Crippen LogP contribution in [0.25, 0.3) is 0 Å². The van der Waals surface area contributed by atoms with Crippen LogP contribution >= 0.6 is 15.9 Å². The first-order valence-corrected chi connectivity index (χ1v) is 7.86. The number of nitrogens with one attached hydrogen (secondary N) is 1. The summed E-state index contributed by atoms with van der Waals surface area (Å²) in [5, 5.41) is 2.86. The zero-order chi connectivity index (χ0) is 15.8. The molecule has 1 unspecified atom stereocenters. The second-order valence-corrected chi connectivity index (χ2v) is 7.42. The number of hydrogen-bond acceptors (Lipinski definition) is 2. The van der Waals surface area contributed by atoms with E-state index in [1.54, 1.807) is 4.90 Å². The number of carbonyl (C=O) groups excluding carboxylic acids is 2. The minimum absolute atomic E-state index is 0.0559. The Bertz CT molecular complexity index is 578. The van der Waals surface area contributed by atoms with Crippen LogP contribution < -0.4 is 10.2 Å². The first-order chi connectivity index (χ1) is 9.70. The van der Waals surface area contributed by atoms with Crippen LogP contribution in [0.5, 0.6) is 0 Å². The Hall–Kier alpha value is -1.36. The monoisotopic (exact) mass is 352 g/mol. The van der Waals surface area contributed by atoms with Crippen LogP contribution in [0.15, 0.2) is 22.7 Å². The molecule has 2 rings (SSSR count). The van der Waals surface area contributed by atoms with E-state index in [1.165, 1.54) is 0 Å². The van der Waals surface area contributed by atoms with Gasteiger partial charge in [0.2, 0.25) is 11.8 Å². The topological polar surface area (TPSA) is 49.4 Å². The lowest BCUT2D eigenvalue weighted by Crippen LogP contribution is -2.52. The molecule has 1 aliphatic heterocycles. The van der Waals surface area contributed by atoms with Crippen LogP contribution in [-0.2, 0) is 9.59 Å². The molecule has 0 saturated carbocycles. The predicted octanol–water partition coefficient (Wildman–Crippen LogP) is 3.03. The van der Waals surface area contributed by atoms with E-state index in [4.69, 9.17) is 0 Å². The number of hydrogen-bond donors (Lipinski definition) is 1. The van der Waals surface area contributed by atoms with Crippen molar-refractivity contribution in [1.29, 1.82) is 0 Å². The third-order valence-corrected chi connectivity index (χ3v) is 4.31. The maximum atomic E-state index is 12.9. The van der Waals surface area contributed by atoms with Crippen molar-refractivity contribution in [1.82, 2.24) is 5.32 Å². The van der Waals surface area contributed by atoms with Gasteiger partial charge < -0.3 is 10.2 Å². The van der Waals surface area contributed by atoms with Crippen molar-refractivity contribution < 1.29 is 9.59 Å². The molecule has 1 aromatic carbocycles. The molecule has 0 radical (unpaired) electrons. The first kappa shape index (κ1) is 16.0. The van der Waals surface area contributed by atoms with E-state index in [2.05, 4.69) is 21.2 Å². The van der Waals surface area contributed by atoms with E-state index in [1.807, 2.05) is 45.9 Å². The molecule has 0 aromatic heterocycles. The normalized spacial score (nSPS) is 20.2. The fraction of sp³-hybridized carbons (Fsp3) is 0.500. The molecule has 2 amide bonds. The van der Waals surface area contributed by atoms with E-state index in [-0.39, 0.29) is 17.2 Å². The summed E-state index contributed by atoms with van der Waals surface area (Å²) in [6.45, 7) is 8.28. The second-order valence-electron chi connectivity index (χ2n) is 6.56. The molecule has 0 spiro atoms. The number of halogens is 1. The van der Waals surface area contributed by atoms with Crippen LogP contribution in [0.2, 0.25) is 0 Å². The number of carbonyl (C=O) groups is 2. The Labute approximate surface area is 134 Å². The standard InChI is InChI=1S/C16H21BrN2O2/c1-10-5-6-11(17)12(9-10)19-8-7-13(20)18-14(15(19)21)16(2,3)4/h5-6,9,14H,7-8H2,1-4H3,(H,18,20). The number of anilines is 1. The summed E-state index contributed by atoms with van der Waals surface area (Å²) in [4.78, 5) is 26.5. The van der Waals surface area contributed by atoms with Gasteiger partial charge in [-0.05, 0) is 46.0 Å². The summed E-state index contributed by atoms with van der Waals surface area (Å²) in [6.07, 6.45) is 0.318. The lowest BCUT2D eigenvalue weighted by Gasteiger charge is -2.32. The van der Waals surface area contributed by atoms with Crippen molar-refractivity contribution in [2.45, 2.75) is 40.2 Å². The zero-order valence-electron chi connectivity index (χ0n) is 12.9. The van der Waals surface area contributed by atoms with Crippen LogP contribution in [0, 0.1) is 12.3 Å². The van der Waals surface area contributed by atoms with Crippen molar-refractivity contribution in [2.24, 2.45) is 5.41 Å². The smallest absolute Gasteiger partial charge is 0.250 e. The van der Waals surface area contributed by atoms with Gasteiger partial charge in [0.05, 0.1) is 5.69 Å². The van der Waals surface area contributed by atoms with Gasteiger partial charge >= 0.3 is 0 Å². The summed E-state index contributed by atoms with van der Waals surface area (Å²) in [7, 11) is 0. The molecule has 1 saturated heterocycles. The highest BCUT2D eigenvalue weighted by atomic mass is 79.9.